The summed E-state index contributed by atoms with van der Waals surface area (Å²) in [5, 5.41) is 5.15. The number of pyridine rings is 1. The number of nitrogens with one attached hydrogen (secondary N) is 2. The van der Waals surface area contributed by atoms with E-state index in [-0.39, 0.29) is 5.54 Å². The molecule has 0 spiro atoms. The van der Waals surface area contributed by atoms with Gasteiger partial charge in [-0.25, -0.2) is 0 Å². The lowest BCUT2D eigenvalue weighted by atomic mass is 9.77. The van der Waals surface area contributed by atoms with Crippen LogP contribution < -0.4 is 5.32 Å². The molecule has 0 radical (unpaired) electrons. The summed E-state index contributed by atoms with van der Waals surface area (Å²) >= 11 is 0. The first-order valence-corrected chi connectivity index (χ1v) is 8.56. The van der Waals surface area contributed by atoms with Gasteiger partial charge in [0.25, 0.3) is 0 Å². The number of hydrogen-bond donors (Lipinski definition) is 2. The average Bonchev–Trinajstić information content (AvgIpc) is 2.94. The van der Waals surface area contributed by atoms with E-state index in [1.807, 2.05) is 12.4 Å². The van der Waals surface area contributed by atoms with Crippen LogP contribution in [-0.2, 0) is 12.8 Å². The maximum absolute atomic E-state index is 4.33. The first-order chi connectivity index (χ1) is 11.3. The lowest BCUT2D eigenvalue weighted by Crippen LogP contribution is -2.43. The van der Waals surface area contributed by atoms with Crippen LogP contribution in [0.15, 0.2) is 48.8 Å². The highest BCUT2D eigenvalue weighted by molar-refractivity contribution is 5.84. The van der Waals surface area contributed by atoms with Gasteiger partial charge in [-0.3, -0.25) is 4.98 Å². The molecule has 1 aliphatic rings. The van der Waals surface area contributed by atoms with Gasteiger partial charge >= 0.3 is 0 Å². The zero-order chi connectivity index (χ0) is 15.7. The number of benzene rings is 1. The molecule has 0 saturated heterocycles. The van der Waals surface area contributed by atoms with Gasteiger partial charge in [0.05, 0.1) is 0 Å². The summed E-state index contributed by atoms with van der Waals surface area (Å²) in [6.07, 6.45) is 9.59. The van der Waals surface area contributed by atoms with Gasteiger partial charge in [-0.05, 0) is 49.4 Å². The first-order valence-electron chi connectivity index (χ1n) is 8.56. The molecule has 1 aromatic carbocycles. The molecule has 23 heavy (non-hydrogen) atoms. The summed E-state index contributed by atoms with van der Waals surface area (Å²) in [5.41, 5.74) is 5.44. The molecule has 118 valence electrons. The van der Waals surface area contributed by atoms with Gasteiger partial charge in [-0.1, -0.05) is 31.5 Å². The summed E-state index contributed by atoms with van der Waals surface area (Å²) in [5.74, 6) is 0. The largest absolute Gasteiger partial charge is 0.379 e. The summed E-state index contributed by atoms with van der Waals surface area (Å²) < 4.78 is 0. The van der Waals surface area contributed by atoms with Crippen LogP contribution >= 0.6 is 0 Å². The number of aryl methyl sites for hydroxylation is 1. The zero-order valence-electron chi connectivity index (χ0n) is 13.6. The topological polar surface area (TPSA) is 40.7 Å². The van der Waals surface area contributed by atoms with Gasteiger partial charge in [0.2, 0.25) is 0 Å². The van der Waals surface area contributed by atoms with E-state index in [2.05, 4.69) is 58.6 Å². The first kappa shape index (κ1) is 14.3. The molecule has 0 amide bonds. The molecule has 0 bridgehead atoms. The second-order valence-electron chi connectivity index (χ2n) is 6.70. The van der Waals surface area contributed by atoms with E-state index in [1.165, 1.54) is 47.1 Å². The van der Waals surface area contributed by atoms with Gasteiger partial charge < -0.3 is 10.3 Å². The van der Waals surface area contributed by atoms with Crippen LogP contribution in [-0.4, -0.2) is 15.5 Å². The molecule has 0 fully saturated rings. The van der Waals surface area contributed by atoms with Crippen LogP contribution in [0, 0.1) is 0 Å². The highest BCUT2D eigenvalue weighted by atomic mass is 15.0. The van der Waals surface area contributed by atoms with Crippen molar-refractivity contribution in [3.05, 3.63) is 60.0 Å². The summed E-state index contributed by atoms with van der Waals surface area (Å²) in [6.45, 7) is 2.28. The minimum absolute atomic E-state index is 0.147. The molecular weight excluding hydrogens is 282 g/mol. The van der Waals surface area contributed by atoms with Crippen LogP contribution in [0.4, 0.5) is 5.69 Å². The Balaban J connectivity index is 1.72. The van der Waals surface area contributed by atoms with Crippen molar-refractivity contribution in [2.24, 2.45) is 0 Å². The van der Waals surface area contributed by atoms with Crippen molar-refractivity contribution in [2.75, 3.05) is 5.32 Å². The monoisotopic (exact) mass is 305 g/mol. The number of nitrogens with zero attached hydrogens (tertiary/aromatic N) is 1. The molecule has 3 aromatic rings. The molecule has 2 heterocycles. The van der Waals surface area contributed by atoms with Gasteiger partial charge in [0.15, 0.2) is 0 Å². The predicted molar refractivity (Wildman–Crippen MR) is 95.8 cm³/mol. The number of para-hydroxylation sites is 1. The number of hydrogen-bond acceptors (Lipinski definition) is 2. The van der Waals surface area contributed by atoms with E-state index in [9.17, 15) is 0 Å². The van der Waals surface area contributed by atoms with E-state index in [0.29, 0.717) is 0 Å². The molecule has 0 saturated carbocycles. The van der Waals surface area contributed by atoms with Crippen LogP contribution in [0.5, 0.6) is 0 Å². The second-order valence-corrected chi connectivity index (χ2v) is 6.70. The van der Waals surface area contributed by atoms with E-state index in [4.69, 9.17) is 0 Å². The summed E-state index contributed by atoms with van der Waals surface area (Å²) in [7, 11) is 0. The summed E-state index contributed by atoms with van der Waals surface area (Å²) in [4.78, 5) is 7.92. The smallest absolute Gasteiger partial charge is 0.0490 e. The molecule has 3 nitrogen and oxygen atoms in total. The Labute approximate surface area is 137 Å². The summed E-state index contributed by atoms with van der Waals surface area (Å²) in [6, 6.07) is 12.7. The molecule has 4 rings (SSSR count). The fourth-order valence-electron chi connectivity index (χ4n) is 4.04. The van der Waals surface area contributed by atoms with Crippen molar-refractivity contribution in [3.63, 3.8) is 0 Å². The average molecular weight is 305 g/mol. The number of rotatable bonds is 4. The Morgan fingerprint density at radius 3 is 2.91 bits per heavy atom. The van der Waals surface area contributed by atoms with Gasteiger partial charge in [-0.15, -0.1) is 0 Å². The van der Waals surface area contributed by atoms with Crippen molar-refractivity contribution in [3.8, 4) is 0 Å². The van der Waals surface area contributed by atoms with Crippen molar-refractivity contribution >= 4 is 16.6 Å². The third-order valence-electron chi connectivity index (χ3n) is 5.08. The maximum Gasteiger partial charge on any atom is 0.0490 e. The van der Waals surface area contributed by atoms with Gasteiger partial charge in [0, 0.05) is 40.2 Å². The minimum Gasteiger partial charge on any atom is -0.379 e. The van der Waals surface area contributed by atoms with E-state index >= 15 is 0 Å². The zero-order valence-corrected chi connectivity index (χ0v) is 13.6. The third kappa shape index (κ3) is 2.61. The normalized spacial score (nSPS) is 20.4. The van der Waals surface area contributed by atoms with Crippen LogP contribution in [0.1, 0.15) is 37.4 Å². The molecule has 3 heteroatoms. The number of aromatic nitrogens is 2. The van der Waals surface area contributed by atoms with Crippen molar-refractivity contribution in [2.45, 2.75) is 44.6 Å². The minimum atomic E-state index is 0.147. The molecule has 2 aromatic heterocycles. The van der Waals surface area contributed by atoms with Crippen LogP contribution in [0.25, 0.3) is 10.9 Å². The van der Waals surface area contributed by atoms with Gasteiger partial charge in [0.1, 0.15) is 0 Å². The lowest BCUT2D eigenvalue weighted by Gasteiger charge is -2.39. The lowest BCUT2D eigenvalue weighted by molar-refractivity contribution is 0.375. The maximum atomic E-state index is 4.33. The van der Waals surface area contributed by atoms with E-state index in [1.54, 1.807) is 0 Å². The third-order valence-corrected chi connectivity index (χ3v) is 5.08. The number of anilines is 1. The standard InChI is InChI=1S/C20H23N3/c1-2-10-20(23-15-6-4-3-5-7-15)11-8-18-16(13-20)17-14-21-12-9-19(17)22-18/h3-7,9,12,14,22-23H,2,8,10-11,13H2,1H3. The Kier molecular flexibility index (Phi) is 3.56. The highest BCUT2D eigenvalue weighted by Gasteiger charge is 2.35. The predicted octanol–water partition coefficient (Wildman–Crippen LogP) is 4.70. The van der Waals surface area contributed by atoms with Crippen LogP contribution in [0.3, 0.4) is 0 Å². The Hall–Kier alpha value is -2.29. The van der Waals surface area contributed by atoms with Crippen LogP contribution in [0.2, 0.25) is 0 Å². The van der Waals surface area contributed by atoms with Crippen molar-refractivity contribution in [1.29, 1.82) is 0 Å². The Morgan fingerprint density at radius 2 is 2.09 bits per heavy atom. The van der Waals surface area contributed by atoms with E-state index in [0.717, 1.165) is 12.8 Å². The molecular formula is C20H23N3. The molecule has 1 atom stereocenters. The second kappa shape index (κ2) is 5.73. The highest BCUT2D eigenvalue weighted by Crippen LogP contribution is 2.38. The Morgan fingerprint density at radius 1 is 1.22 bits per heavy atom. The molecule has 2 N–H and O–H groups in total. The molecule has 1 aliphatic carbocycles. The Bertz CT molecular complexity index is 806. The number of H-pyrrole nitrogens is 1. The van der Waals surface area contributed by atoms with Gasteiger partial charge in [-0.2, -0.15) is 0 Å². The van der Waals surface area contributed by atoms with Crippen molar-refractivity contribution < 1.29 is 0 Å². The van der Waals surface area contributed by atoms with E-state index < -0.39 is 0 Å². The number of aromatic amines is 1. The number of fused-ring (bicyclic) bond motifs is 3. The SMILES string of the molecule is CCCC1(Nc2ccccc2)CCc2[nH]c3ccncc3c2C1. The fraction of sp³-hybridized carbons (Fsp3) is 0.350. The fourth-order valence-corrected chi connectivity index (χ4v) is 4.04. The molecule has 0 aliphatic heterocycles. The quantitative estimate of drug-likeness (QED) is 0.733. The van der Waals surface area contributed by atoms with Crippen molar-refractivity contribution in [1.82, 2.24) is 9.97 Å². The molecule has 1 unspecified atom stereocenters.